The number of fused-ring (bicyclic) bond motifs is 1. The highest BCUT2D eigenvalue weighted by Gasteiger charge is 2.33. The minimum absolute atomic E-state index is 0.0937. The number of benzene rings is 1. The van der Waals surface area contributed by atoms with Gasteiger partial charge in [0.05, 0.1) is 18.3 Å². The summed E-state index contributed by atoms with van der Waals surface area (Å²) in [4.78, 5) is 13.3. The Hall–Kier alpha value is -2.13. The second kappa shape index (κ2) is 6.64. The average Bonchev–Trinajstić information content (AvgIpc) is 3.40. The number of amides is 1. The van der Waals surface area contributed by atoms with E-state index in [0.29, 0.717) is 11.1 Å². The molecule has 0 aliphatic heterocycles. The van der Waals surface area contributed by atoms with E-state index in [2.05, 4.69) is 14.1 Å². The number of nitrogens with zero attached hydrogens (tertiary/aromatic N) is 2. The fraction of sp³-hybridized carbons (Fsp3) is 0.118. The Morgan fingerprint density at radius 1 is 1.16 bits per heavy atom. The lowest BCUT2D eigenvalue weighted by atomic mass is 9.94. The second-order valence-corrected chi connectivity index (χ2v) is 7.76. The molecule has 1 aromatic carbocycles. The van der Waals surface area contributed by atoms with Crippen LogP contribution in [-0.4, -0.2) is 26.3 Å². The van der Waals surface area contributed by atoms with Crippen molar-refractivity contribution in [3.05, 3.63) is 68.5 Å². The van der Waals surface area contributed by atoms with Gasteiger partial charge < -0.3 is 10.4 Å². The van der Waals surface area contributed by atoms with Crippen LogP contribution in [0.25, 0.3) is 11.0 Å². The predicted molar refractivity (Wildman–Crippen MR) is 101 cm³/mol. The van der Waals surface area contributed by atoms with Crippen LogP contribution in [0.2, 0.25) is 0 Å². The maximum absolute atomic E-state index is 12.5. The van der Waals surface area contributed by atoms with E-state index in [-0.39, 0.29) is 12.5 Å². The summed E-state index contributed by atoms with van der Waals surface area (Å²) in [5, 5.41) is 19.8. The molecule has 2 N–H and O–H groups in total. The van der Waals surface area contributed by atoms with Crippen molar-refractivity contribution in [1.29, 1.82) is 0 Å². The van der Waals surface area contributed by atoms with Crippen molar-refractivity contribution in [2.24, 2.45) is 0 Å². The van der Waals surface area contributed by atoms with Gasteiger partial charge in [-0.15, -0.1) is 11.3 Å². The van der Waals surface area contributed by atoms with Gasteiger partial charge in [-0.1, -0.05) is 6.07 Å². The van der Waals surface area contributed by atoms with Gasteiger partial charge in [0.15, 0.2) is 0 Å². The largest absolute Gasteiger partial charge is 0.378 e. The SMILES string of the molecule is O=C(NC[C@@](O)(c1ccsc1)c1cccs1)c1ccc2nsnc2c1. The fourth-order valence-electron chi connectivity index (χ4n) is 2.58. The molecule has 0 bridgehead atoms. The van der Waals surface area contributed by atoms with Crippen LogP contribution in [0.5, 0.6) is 0 Å². The summed E-state index contributed by atoms with van der Waals surface area (Å²) in [6.45, 7) is 0.0937. The number of thiophene rings is 2. The van der Waals surface area contributed by atoms with Crippen LogP contribution >= 0.6 is 34.4 Å². The Labute approximate surface area is 155 Å². The maximum Gasteiger partial charge on any atom is 0.251 e. The predicted octanol–water partition coefficient (Wildman–Crippen LogP) is 3.48. The van der Waals surface area contributed by atoms with Crippen LogP contribution in [0.15, 0.2) is 52.5 Å². The molecule has 0 saturated heterocycles. The highest BCUT2D eigenvalue weighted by atomic mass is 32.1. The zero-order chi connectivity index (χ0) is 17.3. The van der Waals surface area contributed by atoms with E-state index in [1.165, 1.54) is 22.7 Å². The third kappa shape index (κ3) is 3.09. The van der Waals surface area contributed by atoms with Crippen molar-refractivity contribution < 1.29 is 9.90 Å². The molecule has 3 heterocycles. The number of rotatable bonds is 5. The minimum atomic E-state index is -1.24. The molecule has 25 heavy (non-hydrogen) atoms. The van der Waals surface area contributed by atoms with E-state index in [4.69, 9.17) is 0 Å². The first-order valence-electron chi connectivity index (χ1n) is 7.46. The standard InChI is InChI=1S/C17H13N3O2S3/c21-16(11-3-4-13-14(8-11)20-25-19-13)18-10-17(22,12-5-7-23-9-12)15-2-1-6-24-15/h1-9,22H,10H2,(H,18,21)/t17-/m1/s1. The number of aromatic nitrogens is 2. The molecule has 0 aliphatic rings. The molecule has 8 heteroatoms. The molecular weight excluding hydrogens is 374 g/mol. The molecule has 5 nitrogen and oxygen atoms in total. The van der Waals surface area contributed by atoms with E-state index < -0.39 is 5.60 Å². The molecule has 0 aliphatic carbocycles. The summed E-state index contributed by atoms with van der Waals surface area (Å²) >= 11 is 4.10. The quantitative estimate of drug-likeness (QED) is 0.550. The van der Waals surface area contributed by atoms with E-state index >= 15 is 0 Å². The first kappa shape index (κ1) is 16.3. The van der Waals surface area contributed by atoms with Crippen molar-refractivity contribution in [2.75, 3.05) is 6.54 Å². The Bertz CT molecular complexity index is 959. The highest BCUT2D eigenvalue weighted by molar-refractivity contribution is 7.10. The maximum atomic E-state index is 12.5. The Balaban J connectivity index is 1.58. The third-order valence-corrected chi connectivity index (χ3v) is 6.21. The molecule has 0 radical (unpaired) electrons. The summed E-state index contributed by atoms with van der Waals surface area (Å²) in [7, 11) is 0. The summed E-state index contributed by atoms with van der Waals surface area (Å²) in [5.74, 6) is -0.250. The van der Waals surface area contributed by atoms with Crippen LogP contribution in [-0.2, 0) is 5.60 Å². The number of aliphatic hydroxyl groups is 1. The number of nitrogens with one attached hydrogen (secondary N) is 1. The second-order valence-electron chi connectivity index (χ2n) is 5.50. The van der Waals surface area contributed by atoms with E-state index in [1.54, 1.807) is 18.2 Å². The smallest absolute Gasteiger partial charge is 0.251 e. The van der Waals surface area contributed by atoms with Gasteiger partial charge in [-0.3, -0.25) is 4.79 Å². The summed E-state index contributed by atoms with van der Waals surface area (Å²) in [6.07, 6.45) is 0. The van der Waals surface area contributed by atoms with Gasteiger partial charge in [0.25, 0.3) is 5.91 Å². The topological polar surface area (TPSA) is 75.1 Å². The minimum Gasteiger partial charge on any atom is -0.378 e. The van der Waals surface area contributed by atoms with Gasteiger partial charge in [0, 0.05) is 16.0 Å². The van der Waals surface area contributed by atoms with Gasteiger partial charge in [0.1, 0.15) is 16.6 Å². The zero-order valence-electron chi connectivity index (χ0n) is 12.9. The molecule has 4 rings (SSSR count). The van der Waals surface area contributed by atoms with Gasteiger partial charge in [0.2, 0.25) is 0 Å². The first-order chi connectivity index (χ1) is 12.2. The zero-order valence-corrected chi connectivity index (χ0v) is 15.3. The van der Waals surface area contributed by atoms with Crippen LogP contribution in [0, 0.1) is 0 Å². The molecule has 0 unspecified atom stereocenters. The van der Waals surface area contributed by atoms with E-state index in [1.807, 2.05) is 34.3 Å². The third-order valence-electron chi connectivity index (χ3n) is 3.95. The highest BCUT2D eigenvalue weighted by Crippen LogP contribution is 2.33. The molecule has 126 valence electrons. The molecule has 3 aromatic heterocycles. The van der Waals surface area contributed by atoms with Gasteiger partial charge in [-0.05, 0) is 46.5 Å². The molecule has 1 atom stereocenters. The van der Waals surface area contributed by atoms with Crippen LogP contribution in [0.3, 0.4) is 0 Å². The Morgan fingerprint density at radius 3 is 2.80 bits per heavy atom. The van der Waals surface area contributed by atoms with Gasteiger partial charge in [-0.25, -0.2) is 0 Å². The average molecular weight is 388 g/mol. The Morgan fingerprint density at radius 2 is 2.04 bits per heavy atom. The van der Waals surface area contributed by atoms with Crippen LogP contribution in [0.1, 0.15) is 20.8 Å². The molecule has 4 aromatic rings. The van der Waals surface area contributed by atoms with E-state index in [0.717, 1.165) is 27.7 Å². The number of hydrogen-bond donors (Lipinski definition) is 2. The van der Waals surface area contributed by atoms with Crippen LogP contribution < -0.4 is 5.32 Å². The first-order valence-corrected chi connectivity index (χ1v) is 10.0. The normalized spacial score (nSPS) is 13.6. The molecule has 0 spiro atoms. The molecule has 0 saturated carbocycles. The van der Waals surface area contributed by atoms with Gasteiger partial charge in [-0.2, -0.15) is 20.1 Å². The van der Waals surface area contributed by atoms with Crippen molar-refractivity contribution in [3.63, 3.8) is 0 Å². The van der Waals surface area contributed by atoms with Crippen LogP contribution in [0.4, 0.5) is 0 Å². The molecule has 1 amide bonds. The van der Waals surface area contributed by atoms with Crippen molar-refractivity contribution >= 4 is 51.3 Å². The number of carbonyl (C=O) groups excluding carboxylic acids is 1. The van der Waals surface area contributed by atoms with Crippen molar-refractivity contribution in [1.82, 2.24) is 14.1 Å². The lowest BCUT2D eigenvalue weighted by Gasteiger charge is -2.27. The molecular formula is C17H13N3O2S3. The summed E-state index contributed by atoms with van der Waals surface area (Å²) in [5.41, 5.74) is 1.51. The lowest BCUT2D eigenvalue weighted by molar-refractivity contribution is 0.0721. The fourth-order valence-corrected chi connectivity index (χ4v) is 4.67. The summed E-state index contributed by atoms with van der Waals surface area (Å²) < 4.78 is 8.29. The lowest BCUT2D eigenvalue weighted by Crippen LogP contribution is -2.41. The van der Waals surface area contributed by atoms with E-state index in [9.17, 15) is 9.90 Å². The number of carbonyl (C=O) groups is 1. The Kier molecular flexibility index (Phi) is 4.34. The van der Waals surface area contributed by atoms with Gasteiger partial charge >= 0.3 is 0 Å². The summed E-state index contributed by atoms with van der Waals surface area (Å²) in [6, 6.07) is 10.8. The molecule has 0 fully saturated rings. The monoisotopic (exact) mass is 387 g/mol. The van der Waals surface area contributed by atoms with Crippen molar-refractivity contribution in [2.45, 2.75) is 5.60 Å². The number of hydrogen-bond acceptors (Lipinski definition) is 7. The van der Waals surface area contributed by atoms with Crippen molar-refractivity contribution in [3.8, 4) is 0 Å².